The lowest BCUT2D eigenvalue weighted by molar-refractivity contribution is -0.131. The molecule has 0 atom stereocenters. The fourth-order valence-corrected chi connectivity index (χ4v) is 2.03. The van der Waals surface area contributed by atoms with Crippen molar-refractivity contribution in [1.82, 2.24) is 10.2 Å². The molecule has 1 aliphatic rings. The van der Waals surface area contributed by atoms with E-state index in [0.717, 1.165) is 38.3 Å². The molecule has 1 aromatic rings. The minimum Gasteiger partial charge on any atom is -0.493 e. The predicted molar refractivity (Wildman–Crippen MR) is 70.6 cm³/mol. The fourth-order valence-electron chi connectivity index (χ4n) is 2.03. The number of hydrogen-bond donors (Lipinski definition) is 1. The first-order chi connectivity index (χ1) is 8.86. The highest BCUT2D eigenvalue weighted by molar-refractivity contribution is 5.76. The van der Waals surface area contributed by atoms with Gasteiger partial charge < -0.3 is 15.0 Å². The van der Waals surface area contributed by atoms with Crippen LogP contribution in [-0.4, -0.2) is 43.6 Å². The summed E-state index contributed by atoms with van der Waals surface area (Å²) in [7, 11) is 0. The Hall–Kier alpha value is -1.55. The molecular formula is C14H20N2O2. The third-order valence-electron chi connectivity index (χ3n) is 3.02. The quantitative estimate of drug-likeness (QED) is 0.872. The smallest absolute Gasteiger partial charge is 0.226 e. The van der Waals surface area contributed by atoms with Gasteiger partial charge in [0, 0.05) is 19.6 Å². The molecule has 4 heteroatoms. The van der Waals surface area contributed by atoms with Crippen LogP contribution in [0.25, 0.3) is 0 Å². The number of nitrogens with one attached hydrogen (secondary N) is 1. The van der Waals surface area contributed by atoms with E-state index in [1.807, 2.05) is 35.2 Å². The first-order valence-corrected chi connectivity index (χ1v) is 6.52. The van der Waals surface area contributed by atoms with E-state index in [4.69, 9.17) is 4.74 Å². The van der Waals surface area contributed by atoms with E-state index in [0.29, 0.717) is 13.0 Å². The Morgan fingerprint density at radius 2 is 2.06 bits per heavy atom. The number of amides is 1. The van der Waals surface area contributed by atoms with Gasteiger partial charge >= 0.3 is 0 Å². The van der Waals surface area contributed by atoms with Gasteiger partial charge in [-0.3, -0.25) is 4.79 Å². The molecule has 1 N–H and O–H groups in total. The van der Waals surface area contributed by atoms with E-state index in [2.05, 4.69) is 5.32 Å². The molecular weight excluding hydrogens is 228 g/mol. The Kier molecular flexibility index (Phi) is 5.02. The lowest BCUT2D eigenvalue weighted by atomic mass is 10.3. The second kappa shape index (κ2) is 7.01. The van der Waals surface area contributed by atoms with Crippen LogP contribution in [0.5, 0.6) is 5.75 Å². The molecule has 1 amide bonds. The van der Waals surface area contributed by atoms with Crippen molar-refractivity contribution >= 4 is 5.91 Å². The maximum absolute atomic E-state index is 12.0. The summed E-state index contributed by atoms with van der Waals surface area (Å²) >= 11 is 0. The van der Waals surface area contributed by atoms with Crippen molar-refractivity contribution in [3.05, 3.63) is 30.3 Å². The first kappa shape index (κ1) is 12.9. The molecule has 18 heavy (non-hydrogen) atoms. The van der Waals surface area contributed by atoms with Crippen LogP contribution in [0.1, 0.15) is 12.8 Å². The van der Waals surface area contributed by atoms with Crippen molar-refractivity contribution in [3.63, 3.8) is 0 Å². The largest absolute Gasteiger partial charge is 0.493 e. The average molecular weight is 248 g/mol. The van der Waals surface area contributed by atoms with E-state index in [-0.39, 0.29) is 5.91 Å². The Balaban J connectivity index is 1.71. The molecule has 98 valence electrons. The highest BCUT2D eigenvalue weighted by Gasteiger charge is 2.14. The van der Waals surface area contributed by atoms with Crippen molar-refractivity contribution in [2.24, 2.45) is 0 Å². The first-order valence-electron chi connectivity index (χ1n) is 6.52. The normalized spacial score (nSPS) is 16.1. The monoisotopic (exact) mass is 248 g/mol. The van der Waals surface area contributed by atoms with Gasteiger partial charge in [-0.25, -0.2) is 0 Å². The van der Waals surface area contributed by atoms with Crippen LogP contribution < -0.4 is 10.1 Å². The summed E-state index contributed by atoms with van der Waals surface area (Å²) in [6.07, 6.45) is 1.49. The summed E-state index contributed by atoms with van der Waals surface area (Å²) in [5, 5.41) is 3.29. The van der Waals surface area contributed by atoms with E-state index < -0.39 is 0 Å². The molecule has 0 saturated carbocycles. The lowest BCUT2D eigenvalue weighted by Gasteiger charge is -2.19. The SMILES string of the molecule is O=C(CCOc1ccccc1)N1CCCNCC1. The minimum atomic E-state index is 0.189. The third-order valence-corrected chi connectivity index (χ3v) is 3.02. The molecule has 1 fully saturated rings. The van der Waals surface area contributed by atoms with Crippen molar-refractivity contribution < 1.29 is 9.53 Å². The molecule has 1 aliphatic heterocycles. The Labute approximate surface area is 108 Å². The standard InChI is InChI=1S/C14H20N2O2/c17-14(16-10-4-8-15-9-11-16)7-12-18-13-5-2-1-3-6-13/h1-3,5-6,15H,4,7-12H2. The van der Waals surface area contributed by atoms with Gasteiger partial charge in [0.1, 0.15) is 5.75 Å². The maximum atomic E-state index is 12.0. The van der Waals surface area contributed by atoms with Gasteiger partial charge in [0.2, 0.25) is 5.91 Å². The second-order valence-electron chi connectivity index (χ2n) is 4.40. The fraction of sp³-hybridized carbons (Fsp3) is 0.500. The molecule has 1 aromatic carbocycles. The van der Waals surface area contributed by atoms with Gasteiger partial charge in [0.25, 0.3) is 0 Å². The molecule has 2 rings (SSSR count). The van der Waals surface area contributed by atoms with E-state index >= 15 is 0 Å². The van der Waals surface area contributed by atoms with Crippen LogP contribution in [0.4, 0.5) is 0 Å². The molecule has 0 aromatic heterocycles. The number of hydrogen-bond acceptors (Lipinski definition) is 3. The molecule has 0 spiro atoms. The van der Waals surface area contributed by atoms with E-state index in [1.54, 1.807) is 0 Å². The molecule has 0 aliphatic carbocycles. The van der Waals surface area contributed by atoms with E-state index in [1.165, 1.54) is 0 Å². The van der Waals surface area contributed by atoms with Crippen LogP contribution in [0.15, 0.2) is 30.3 Å². The molecule has 0 radical (unpaired) electrons. The highest BCUT2D eigenvalue weighted by atomic mass is 16.5. The zero-order valence-corrected chi connectivity index (χ0v) is 10.6. The summed E-state index contributed by atoms with van der Waals surface area (Å²) < 4.78 is 5.54. The van der Waals surface area contributed by atoms with Gasteiger partial charge in [-0.05, 0) is 25.1 Å². The molecule has 0 unspecified atom stereocenters. The van der Waals surface area contributed by atoms with E-state index in [9.17, 15) is 4.79 Å². The summed E-state index contributed by atoms with van der Waals surface area (Å²) in [5.41, 5.74) is 0. The maximum Gasteiger partial charge on any atom is 0.226 e. The average Bonchev–Trinajstić information content (AvgIpc) is 2.69. The van der Waals surface area contributed by atoms with Gasteiger partial charge in [-0.1, -0.05) is 18.2 Å². The summed E-state index contributed by atoms with van der Waals surface area (Å²) in [4.78, 5) is 13.9. The van der Waals surface area contributed by atoms with Gasteiger partial charge in [0.05, 0.1) is 13.0 Å². The van der Waals surface area contributed by atoms with Gasteiger partial charge in [-0.15, -0.1) is 0 Å². The lowest BCUT2D eigenvalue weighted by Crippen LogP contribution is -2.34. The zero-order chi connectivity index (χ0) is 12.6. The van der Waals surface area contributed by atoms with Crippen molar-refractivity contribution in [2.75, 3.05) is 32.8 Å². The number of ether oxygens (including phenoxy) is 1. The highest BCUT2D eigenvalue weighted by Crippen LogP contribution is 2.09. The van der Waals surface area contributed by atoms with Gasteiger partial charge in [-0.2, -0.15) is 0 Å². The third kappa shape index (κ3) is 4.04. The molecule has 0 bridgehead atoms. The molecule has 1 heterocycles. The van der Waals surface area contributed by atoms with Crippen LogP contribution >= 0.6 is 0 Å². The zero-order valence-electron chi connectivity index (χ0n) is 10.6. The summed E-state index contributed by atoms with van der Waals surface area (Å²) in [6, 6.07) is 9.61. The molecule has 1 saturated heterocycles. The minimum absolute atomic E-state index is 0.189. The van der Waals surface area contributed by atoms with Crippen molar-refractivity contribution in [1.29, 1.82) is 0 Å². The number of carbonyl (C=O) groups is 1. The van der Waals surface area contributed by atoms with Crippen LogP contribution in [0, 0.1) is 0 Å². The van der Waals surface area contributed by atoms with Gasteiger partial charge in [0.15, 0.2) is 0 Å². The Bertz CT molecular complexity index is 359. The van der Waals surface area contributed by atoms with Crippen molar-refractivity contribution in [2.45, 2.75) is 12.8 Å². The number of carbonyl (C=O) groups excluding carboxylic acids is 1. The predicted octanol–water partition coefficient (Wildman–Crippen LogP) is 1.28. The van der Waals surface area contributed by atoms with Crippen LogP contribution in [0.2, 0.25) is 0 Å². The van der Waals surface area contributed by atoms with Crippen LogP contribution in [-0.2, 0) is 4.79 Å². The summed E-state index contributed by atoms with van der Waals surface area (Å²) in [6.45, 7) is 4.02. The summed E-state index contributed by atoms with van der Waals surface area (Å²) in [5.74, 6) is 1.01. The molecule has 4 nitrogen and oxygen atoms in total. The Morgan fingerprint density at radius 1 is 1.22 bits per heavy atom. The van der Waals surface area contributed by atoms with Crippen molar-refractivity contribution in [3.8, 4) is 5.75 Å². The number of rotatable bonds is 4. The second-order valence-corrected chi connectivity index (χ2v) is 4.40. The Morgan fingerprint density at radius 3 is 2.89 bits per heavy atom. The van der Waals surface area contributed by atoms with Crippen LogP contribution in [0.3, 0.4) is 0 Å². The number of benzene rings is 1. The number of nitrogens with zero attached hydrogens (tertiary/aromatic N) is 1. The number of para-hydroxylation sites is 1. The topological polar surface area (TPSA) is 41.6 Å².